The molecule has 17 heavy (non-hydrogen) atoms. The van der Waals surface area contributed by atoms with Gasteiger partial charge in [-0.2, -0.15) is 5.10 Å². The fraction of sp³-hybridized carbons (Fsp3) is 0.643. The quantitative estimate of drug-likeness (QED) is 0.702. The highest BCUT2D eigenvalue weighted by molar-refractivity contribution is 5.21. The van der Waals surface area contributed by atoms with Crippen molar-refractivity contribution in [3.05, 3.63) is 30.1 Å². The van der Waals surface area contributed by atoms with E-state index in [1.807, 2.05) is 17.8 Å². The number of hydrogen-bond donors (Lipinski definition) is 1. The van der Waals surface area contributed by atoms with Crippen LogP contribution in [0.3, 0.4) is 0 Å². The summed E-state index contributed by atoms with van der Waals surface area (Å²) in [6.07, 6.45) is 8.43. The molecule has 0 amide bonds. The van der Waals surface area contributed by atoms with E-state index in [-0.39, 0.29) is 0 Å². The second kappa shape index (κ2) is 7.28. The van der Waals surface area contributed by atoms with E-state index in [0.29, 0.717) is 6.04 Å². The van der Waals surface area contributed by atoms with Crippen LogP contribution in [0, 0.1) is 0 Å². The van der Waals surface area contributed by atoms with Crippen molar-refractivity contribution in [2.45, 2.75) is 45.6 Å². The molecule has 3 heteroatoms. The first-order valence-corrected chi connectivity index (χ1v) is 6.59. The van der Waals surface area contributed by atoms with Crippen LogP contribution in [0.15, 0.2) is 18.9 Å². The summed E-state index contributed by atoms with van der Waals surface area (Å²) in [5.41, 5.74) is 2.57. The Balaban J connectivity index is 2.81. The van der Waals surface area contributed by atoms with Crippen molar-refractivity contribution in [1.82, 2.24) is 15.1 Å². The summed E-state index contributed by atoms with van der Waals surface area (Å²) >= 11 is 0. The molecule has 1 N–H and O–H groups in total. The third-order valence-corrected chi connectivity index (χ3v) is 2.95. The van der Waals surface area contributed by atoms with Gasteiger partial charge in [0.15, 0.2) is 0 Å². The Bertz CT molecular complexity index is 341. The summed E-state index contributed by atoms with van der Waals surface area (Å²) in [6, 6.07) is 0.414. The fourth-order valence-corrected chi connectivity index (χ4v) is 2.09. The molecule has 0 aromatic carbocycles. The van der Waals surface area contributed by atoms with Crippen LogP contribution in [0.25, 0.3) is 0 Å². The van der Waals surface area contributed by atoms with Crippen LogP contribution in [0.5, 0.6) is 0 Å². The zero-order chi connectivity index (χ0) is 12.7. The van der Waals surface area contributed by atoms with E-state index in [0.717, 1.165) is 32.2 Å². The maximum absolute atomic E-state index is 4.52. The molecular formula is C14H25N3. The molecule has 1 aromatic rings. The van der Waals surface area contributed by atoms with E-state index < -0.39 is 0 Å². The van der Waals surface area contributed by atoms with Gasteiger partial charge in [-0.3, -0.25) is 4.68 Å². The Morgan fingerprint density at radius 2 is 2.29 bits per heavy atom. The molecule has 1 rings (SSSR count). The predicted molar refractivity (Wildman–Crippen MR) is 73.1 cm³/mol. The molecule has 0 saturated heterocycles. The van der Waals surface area contributed by atoms with Gasteiger partial charge in [0.05, 0.1) is 5.69 Å². The molecule has 0 radical (unpaired) electrons. The van der Waals surface area contributed by atoms with Crippen molar-refractivity contribution in [3.63, 3.8) is 0 Å². The van der Waals surface area contributed by atoms with Crippen LogP contribution < -0.4 is 5.32 Å². The van der Waals surface area contributed by atoms with E-state index in [2.05, 4.69) is 37.0 Å². The van der Waals surface area contributed by atoms with Crippen LogP contribution in [-0.4, -0.2) is 16.3 Å². The molecule has 3 nitrogen and oxygen atoms in total. The minimum Gasteiger partial charge on any atom is -0.310 e. The highest BCUT2D eigenvalue weighted by atomic mass is 15.3. The van der Waals surface area contributed by atoms with Gasteiger partial charge >= 0.3 is 0 Å². The van der Waals surface area contributed by atoms with Gasteiger partial charge in [-0.25, -0.2) is 0 Å². The summed E-state index contributed by atoms with van der Waals surface area (Å²) < 4.78 is 1.92. The molecule has 0 aliphatic carbocycles. The van der Waals surface area contributed by atoms with E-state index >= 15 is 0 Å². The van der Waals surface area contributed by atoms with Gasteiger partial charge < -0.3 is 5.32 Å². The average Bonchev–Trinajstić information content (AvgIpc) is 2.70. The van der Waals surface area contributed by atoms with Gasteiger partial charge in [-0.05, 0) is 32.2 Å². The summed E-state index contributed by atoms with van der Waals surface area (Å²) in [7, 11) is 1.99. The van der Waals surface area contributed by atoms with Crippen molar-refractivity contribution >= 4 is 0 Å². The average molecular weight is 235 g/mol. The first kappa shape index (κ1) is 14.0. The first-order chi connectivity index (χ1) is 8.22. The lowest BCUT2D eigenvalue weighted by Crippen LogP contribution is -2.22. The van der Waals surface area contributed by atoms with Gasteiger partial charge in [0.2, 0.25) is 0 Å². The lowest BCUT2D eigenvalue weighted by molar-refractivity contribution is 0.500. The molecule has 1 aromatic heterocycles. The number of aromatic nitrogens is 2. The molecule has 0 bridgehead atoms. The molecule has 0 fully saturated rings. The third kappa shape index (κ3) is 4.00. The monoisotopic (exact) mass is 235 g/mol. The van der Waals surface area contributed by atoms with E-state index in [4.69, 9.17) is 0 Å². The topological polar surface area (TPSA) is 29.9 Å². The maximum atomic E-state index is 4.52. The lowest BCUT2D eigenvalue weighted by Gasteiger charge is -2.17. The first-order valence-electron chi connectivity index (χ1n) is 6.59. The molecule has 0 aliphatic heterocycles. The summed E-state index contributed by atoms with van der Waals surface area (Å²) in [4.78, 5) is 0. The van der Waals surface area contributed by atoms with Gasteiger partial charge in [0.25, 0.3) is 0 Å². The zero-order valence-electron chi connectivity index (χ0n) is 11.4. The van der Waals surface area contributed by atoms with Crippen LogP contribution in [0.2, 0.25) is 0 Å². The second-order valence-corrected chi connectivity index (χ2v) is 4.43. The SMILES string of the molecule is C=CCCC(NCCC)c1cn(C)nc1CC. The largest absolute Gasteiger partial charge is 0.310 e. The molecule has 0 spiro atoms. The smallest absolute Gasteiger partial charge is 0.0669 e. The van der Waals surface area contributed by atoms with Crippen molar-refractivity contribution in [2.24, 2.45) is 7.05 Å². The number of nitrogens with one attached hydrogen (secondary N) is 1. The Hall–Kier alpha value is -1.09. The molecule has 1 atom stereocenters. The van der Waals surface area contributed by atoms with E-state index in [9.17, 15) is 0 Å². The van der Waals surface area contributed by atoms with E-state index in [1.165, 1.54) is 11.3 Å². The van der Waals surface area contributed by atoms with Crippen molar-refractivity contribution < 1.29 is 0 Å². The number of hydrogen-bond acceptors (Lipinski definition) is 2. The zero-order valence-corrected chi connectivity index (χ0v) is 11.4. The van der Waals surface area contributed by atoms with Gasteiger partial charge in [-0.15, -0.1) is 6.58 Å². The van der Waals surface area contributed by atoms with Crippen LogP contribution in [0.4, 0.5) is 0 Å². The number of aryl methyl sites for hydroxylation is 2. The Morgan fingerprint density at radius 1 is 1.53 bits per heavy atom. The Kier molecular flexibility index (Phi) is 5.98. The normalized spacial score (nSPS) is 12.6. The lowest BCUT2D eigenvalue weighted by atomic mass is 10.0. The van der Waals surface area contributed by atoms with E-state index in [1.54, 1.807) is 0 Å². The molecule has 1 unspecified atom stereocenters. The van der Waals surface area contributed by atoms with Gasteiger partial charge in [0, 0.05) is 24.8 Å². The number of nitrogens with zero attached hydrogens (tertiary/aromatic N) is 2. The van der Waals surface area contributed by atoms with Crippen LogP contribution in [0.1, 0.15) is 50.4 Å². The molecule has 0 saturated carbocycles. The van der Waals surface area contributed by atoms with Gasteiger partial charge in [-0.1, -0.05) is 19.9 Å². The number of allylic oxidation sites excluding steroid dienone is 1. The highest BCUT2D eigenvalue weighted by Gasteiger charge is 2.16. The fourth-order valence-electron chi connectivity index (χ4n) is 2.09. The van der Waals surface area contributed by atoms with Crippen molar-refractivity contribution in [2.75, 3.05) is 6.54 Å². The predicted octanol–water partition coefficient (Wildman–Crippen LogP) is 2.99. The molecule has 96 valence electrons. The third-order valence-electron chi connectivity index (χ3n) is 2.95. The minimum absolute atomic E-state index is 0.414. The maximum Gasteiger partial charge on any atom is 0.0669 e. The summed E-state index contributed by atoms with van der Waals surface area (Å²) in [5.74, 6) is 0. The van der Waals surface area contributed by atoms with Crippen LogP contribution in [-0.2, 0) is 13.5 Å². The van der Waals surface area contributed by atoms with Crippen molar-refractivity contribution in [1.29, 1.82) is 0 Å². The highest BCUT2D eigenvalue weighted by Crippen LogP contribution is 2.22. The number of rotatable bonds is 8. The minimum atomic E-state index is 0.414. The Labute approximate surface area is 105 Å². The van der Waals surface area contributed by atoms with Gasteiger partial charge in [0.1, 0.15) is 0 Å². The molecule has 0 aliphatic rings. The standard InChI is InChI=1S/C14H25N3/c1-5-8-9-14(15-10-6-2)12-11-17(4)16-13(12)7-3/h5,11,14-15H,1,6-10H2,2-4H3. The summed E-state index contributed by atoms with van der Waals surface area (Å²) in [6.45, 7) is 9.22. The van der Waals surface area contributed by atoms with Crippen LogP contribution >= 0.6 is 0 Å². The van der Waals surface area contributed by atoms with Crippen molar-refractivity contribution in [3.8, 4) is 0 Å². The summed E-state index contributed by atoms with van der Waals surface area (Å²) in [5, 5.41) is 8.12. The molecular weight excluding hydrogens is 210 g/mol. The molecule has 1 heterocycles. The second-order valence-electron chi connectivity index (χ2n) is 4.43. The Morgan fingerprint density at radius 3 is 2.88 bits per heavy atom.